The van der Waals surface area contributed by atoms with Crippen LogP contribution in [0.15, 0.2) is 72.1 Å². The number of aliphatic imine (C=N–C) groups is 1. The van der Waals surface area contributed by atoms with E-state index in [9.17, 15) is 4.79 Å². The zero-order chi connectivity index (χ0) is 23.3. The minimum atomic E-state index is -0.288. The lowest BCUT2D eigenvalue weighted by molar-refractivity contribution is -0.124. The summed E-state index contributed by atoms with van der Waals surface area (Å²) in [6.07, 6.45) is 6.78. The summed E-state index contributed by atoms with van der Waals surface area (Å²) in [6.45, 7) is 1.21. The third-order valence-corrected chi connectivity index (χ3v) is 6.55. The van der Waals surface area contributed by atoms with E-state index in [1.165, 1.54) is 0 Å². The van der Waals surface area contributed by atoms with E-state index < -0.39 is 0 Å². The highest BCUT2D eigenvalue weighted by Crippen LogP contribution is 2.30. The molecule has 4 atom stereocenters. The first-order valence-electron chi connectivity index (χ1n) is 11.6. The number of hydrogen-bond acceptors (Lipinski definition) is 6. The lowest BCUT2D eigenvalue weighted by atomic mass is 9.86. The van der Waals surface area contributed by atoms with Crippen LogP contribution in [-0.4, -0.2) is 46.5 Å². The average Bonchev–Trinajstić information content (AvgIpc) is 3.54. The summed E-state index contributed by atoms with van der Waals surface area (Å²) in [7, 11) is 0. The minimum absolute atomic E-state index is 0.00389. The van der Waals surface area contributed by atoms with Crippen molar-refractivity contribution in [1.29, 1.82) is 5.26 Å². The molecule has 0 spiro atoms. The molecule has 1 aromatic heterocycles. The topological polar surface area (TPSA) is 107 Å². The van der Waals surface area contributed by atoms with Crippen LogP contribution in [-0.2, 0) is 17.8 Å². The molecule has 2 aliphatic rings. The van der Waals surface area contributed by atoms with Gasteiger partial charge in [-0.15, -0.1) is 0 Å². The lowest BCUT2D eigenvalue weighted by Gasteiger charge is -2.38. The maximum absolute atomic E-state index is 13.0. The maximum atomic E-state index is 13.0. The zero-order valence-corrected chi connectivity index (χ0v) is 18.8. The van der Waals surface area contributed by atoms with Gasteiger partial charge in [-0.1, -0.05) is 42.5 Å². The van der Waals surface area contributed by atoms with Gasteiger partial charge in [-0.2, -0.15) is 5.26 Å². The summed E-state index contributed by atoms with van der Waals surface area (Å²) in [5, 5.41) is 18.9. The molecule has 2 aliphatic heterocycles. The van der Waals surface area contributed by atoms with Crippen molar-refractivity contribution >= 4 is 12.2 Å². The number of carbonyl (C=O) groups excluding carboxylic acids is 1. The molecule has 172 valence electrons. The molecule has 2 aromatic carbocycles. The molecule has 0 aliphatic carbocycles. The molecular formula is C26H27N7O. The Morgan fingerprint density at radius 1 is 1.18 bits per heavy atom. The largest absolute Gasteiger partial charge is 0.371 e. The second-order valence-electron chi connectivity index (χ2n) is 8.75. The standard InChI is InChI=1S/C26H27N7O/c27-13-18-6-8-19(9-7-18)15-33-17-28-14-21(33)10-11-29-26(34)23-12-22-25(31-16-30-22)24(32-23)20-4-2-1-3-5-20/h1-9,14,16-17,22-25,32H,10-12,15H2,(H,29,34)(H,30,31)/t22?,23-,24?,25?/m0/s1. The fourth-order valence-corrected chi connectivity index (χ4v) is 4.74. The summed E-state index contributed by atoms with van der Waals surface area (Å²) in [6, 6.07) is 19.8. The van der Waals surface area contributed by atoms with Crippen LogP contribution in [0.2, 0.25) is 0 Å². The Bertz CT molecular complexity index is 1200. The number of nitrogens with zero attached hydrogens (tertiary/aromatic N) is 4. The highest BCUT2D eigenvalue weighted by Gasteiger charge is 2.41. The third-order valence-electron chi connectivity index (χ3n) is 6.55. The molecule has 3 heterocycles. The number of hydrogen-bond donors (Lipinski definition) is 3. The molecule has 1 fully saturated rings. The molecule has 3 unspecified atom stereocenters. The van der Waals surface area contributed by atoms with Crippen molar-refractivity contribution in [2.24, 2.45) is 4.99 Å². The van der Waals surface area contributed by atoms with Gasteiger partial charge < -0.3 is 15.2 Å². The van der Waals surface area contributed by atoms with Crippen molar-refractivity contribution in [3.8, 4) is 6.07 Å². The number of nitrogens with one attached hydrogen (secondary N) is 3. The third kappa shape index (κ3) is 4.70. The van der Waals surface area contributed by atoms with Crippen molar-refractivity contribution in [1.82, 2.24) is 25.5 Å². The van der Waals surface area contributed by atoms with E-state index in [0.29, 0.717) is 31.5 Å². The van der Waals surface area contributed by atoms with E-state index in [0.717, 1.165) is 16.8 Å². The van der Waals surface area contributed by atoms with Crippen LogP contribution >= 0.6 is 0 Å². The highest BCUT2D eigenvalue weighted by molar-refractivity contribution is 5.82. The predicted molar refractivity (Wildman–Crippen MR) is 129 cm³/mol. The Morgan fingerprint density at radius 3 is 2.79 bits per heavy atom. The number of rotatable bonds is 7. The monoisotopic (exact) mass is 453 g/mol. The van der Waals surface area contributed by atoms with Gasteiger partial charge in [0.2, 0.25) is 5.91 Å². The van der Waals surface area contributed by atoms with Gasteiger partial charge in [-0.25, -0.2) is 4.98 Å². The number of fused-ring (bicyclic) bond motifs is 1. The van der Waals surface area contributed by atoms with Crippen LogP contribution in [0.4, 0.5) is 0 Å². The Hall–Kier alpha value is -3.96. The van der Waals surface area contributed by atoms with E-state index in [1.54, 1.807) is 12.7 Å². The second kappa shape index (κ2) is 9.89. The van der Waals surface area contributed by atoms with E-state index >= 15 is 0 Å². The van der Waals surface area contributed by atoms with Crippen LogP contribution in [0.25, 0.3) is 0 Å². The molecular weight excluding hydrogens is 426 g/mol. The lowest BCUT2D eigenvalue weighted by Crippen LogP contribution is -2.58. The number of nitriles is 1. The van der Waals surface area contributed by atoms with Gasteiger partial charge >= 0.3 is 0 Å². The SMILES string of the molecule is N#Cc1ccc(Cn2cncc2CCNC(=O)[C@@H]2CC3NC=NC3C(c3ccccc3)N2)cc1. The molecule has 34 heavy (non-hydrogen) atoms. The van der Waals surface area contributed by atoms with Crippen molar-refractivity contribution in [3.63, 3.8) is 0 Å². The number of aromatic nitrogens is 2. The highest BCUT2D eigenvalue weighted by atomic mass is 16.2. The van der Waals surface area contributed by atoms with E-state index in [2.05, 4.69) is 48.7 Å². The van der Waals surface area contributed by atoms with Gasteiger partial charge in [0, 0.05) is 31.4 Å². The zero-order valence-electron chi connectivity index (χ0n) is 18.8. The van der Waals surface area contributed by atoms with Gasteiger partial charge in [-0.05, 0) is 29.7 Å². The van der Waals surface area contributed by atoms with Gasteiger partial charge in [0.05, 0.1) is 48.5 Å². The van der Waals surface area contributed by atoms with Crippen LogP contribution in [0.1, 0.15) is 34.8 Å². The molecule has 0 saturated carbocycles. The van der Waals surface area contributed by atoms with Gasteiger partial charge in [0.25, 0.3) is 0 Å². The van der Waals surface area contributed by atoms with E-state index in [4.69, 9.17) is 5.26 Å². The van der Waals surface area contributed by atoms with Crippen molar-refractivity contribution < 1.29 is 4.79 Å². The fraction of sp³-hybridized carbons (Fsp3) is 0.308. The first kappa shape index (κ1) is 21.9. The Morgan fingerprint density at radius 2 is 2.00 bits per heavy atom. The van der Waals surface area contributed by atoms with Crippen LogP contribution in [0.3, 0.4) is 0 Å². The van der Waals surface area contributed by atoms with Crippen LogP contribution < -0.4 is 16.0 Å². The van der Waals surface area contributed by atoms with E-state index in [-0.39, 0.29) is 30.1 Å². The number of amides is 1. The smallest absolute Gasteiger partial charge is 0.237 e. The predicted octanol–water partition coefficient (Wildman–Crippen LogP) is 1.93. The molecule has 0 radical (unpaired) electrons. The van der Waals surface area contributed by atoms with E-state index in [1.807, 2.05) is 48.7 Å². The minimum Gasteiger partial charge on any atom is -0.371 e. The van der Waals surface area contributed by atoms with Gasteiger partial charge in [0.1, 0.15) is 0 Å². The fourth-order valence-electron chi connectivity index (χ4n) is 4.74. The summed E-state index contributed by atoms with van der Waals surface area (Å²) >= 11 is 0. The Kier molecular flexibility index (Phi) is 6.36. The number of imidazole rings is 1. The summed E-state index contributed by atoms with van der Waals surface area (Å²) in [5.41, 5.74) is 3.94. The molecule has 1 amide bonds. The van der Waals surface area contributed by atoms with Crippen molar-refractivity contribution in [3.05, 3.63) is 89.5 Å². The van der Waals surface area contributed by atoms with Crippen LogP contribution in [0.5, 0.6) is 0 Å². The van der Waals surface area contributed by atoms with Crippen LogP contribution in [0, 0.1) is 11.3 Å². The average molecular weight is 454 g/mol. The first-order valence-corrected chi connectivity index (χ1v) is 11.6. The van der Waals surface area contributed by atoms with Crippen molar-refractivity contribution in [2.75, 3.05) is 6.54 Å². The number of benzene rings is 2. The maximum Gasteiger partial charge on any atom is 0.237 e. The van der Waals surface area contributed by atoms with Crippen molar-refractivity contribution in [2.45, 2.75) is 43.6 Å². The molecule has 3 N–H and O–H groups in total. The normalized spacial score (nSPS) is 23.0. The summed E-state index contributed by atoms with van der Waals surface area (Å²) < 4.78 is 2.07. The number of carbonyl (C=O) groups is 1. The molecule has 3 aromatic rings. The molecule has 5 rings (SSSR count). The number of piperidine rings is 1. The first-order chi connectivity index (χ1) is 16.7. The van der Waals surface area contributed by atoms with Gasteiger partial charge in [-0.3, -0.25) is 15.1 Å². The Labute approximate surface area is 198 Å². The molecule has 8 heteroatoms. The second-order valence-corrected chi connectivity index (χ2v) is 8.75. The molecule has 8 nitrogen and oxygen atoms in total. The summed E-state index contributed by atoms with van der Waals surface area (Å²) in [5.74, 6) is 0.00578. The quantitative estimate of drug-likeness (QED) is 0.507. The Balaban J connectivity index is 1.18. The molecule has 0 bridgehead atoms. The summed E-state index contributed by atoms with van der Waals surface area (Å²) in [4.78, 5) is 21.9. The van der Waals surface area contributed by atoms with Gasteiger partial charge in [0.15, 0.2) is 0 Å². The molecule has 1 saturated heterocycles.